The quantitative estimate of drug-likeness (QED) is 0.886. The van der Waals surface area contributed by atoms with Crippen molar-refractivity contribution in [3.63, 3.8) is 0 Å². The molecular formula is C18H30N2. The van der Waals surface area contributed by atoms with Gasteiger partial charge in [-0.1, -0.05) is 31.0 Å². The SMILES string of the molecule is CNC(Cc1ccc(C)c(C)c1)C1(N(C)C)CCCC1. The third-order valence-corrected chi connectivity index (χ3v) is 5.37. The van der Waals surface area contributed by atoms with Crippen molar-refractivity contribution in [1.82, 2.24) is 10.2 Å². The van der Waals surface area contributed by atoms with Crippen molar-refractivity contribution in [2.75, 3.05) is 21.1 Å². The van der Waals surface area contributed by atoms with Gasteiger partial charge in [-0.3, -0.25) is 0 Å². The van der Waals surface area contributed by atoms with E-state index in [2.05, 4.69) is 63.4 Å². The predicted octanol–water partition coefficient (Wildman–Crippen LogP) is 3.31. The minimum Gasteiger partial charge on any atom is -0.315 e. The molecule has 0 bridgehead atoms. The Morgan fingerprint density at radius 2 is 1.80 bits per heavy atom. The molecule has 0 spiro atoms. The van der Waals surface area contributed by atoms with Crippen LogP contribution in [0.4, 0.5) is 0 Å². The Morgan fingerprint density at radius 3 is 2.30 bits per heavy atom. The second-order valence-electron chi connectivity index (χ2n) is 6.67. The van der Waals surface area contributed by atoms with E-state index in [1.165, 1.54) is 42.4 Å². The number of nitrogens with zero attached hydrogens (tertiary/aromatic N) is 1. The molecule has 20 heavy (non-hydrogen) atoms. The molecule has 2 nitrogen and oxygen atoms in total. The standard InChI is InChI=1S/C18H30N2/c1-14-8-9-16(12-15(14)2)13-17(19-3)18(20(4)5)10-6-7-11-18/h8-9,12,17,19H,6-7,10-11,13H2,1-5H3. The first-order valence-electron chi connectivity index (χ1n) is 7.90. The van der Waals surface area contributed by atoms with E-state index in [0.717, 1.165) is 6.42 Å². The zero-order chi connectivity index (χ0) is 14.8. The van der Waals surface area contributed by atoms with Crippen LogP contribution in [0.3, 0.4) is 0 Å². The molecule has 1 aromatic carbocycles. The fourth-order valence-corrected chi connectivity index (χ4v) is 3.82. The van der Waals surface area contributed by atoms with Crippen molar-refractivity contribution in [2.45, 2.75) is 57.5 Å². The summed E-state index contributed by atoms with van der Waals surface area (Å²) >= 11 is 0. The first-order valence-corrected chi connectivity index (χ1v) is 7.90. The van der Waals surface area contributed by atoms with E-state index in [1.807, 2.05) is 0 Å². The van der Waals surface area contributed by atoms with Crippen LogP contribution < -0.4 is 5.32 Å². The average molecular weight is 274 g/mol. The van der Waals surface area contributed by atoms with Gasteiger partial charge in [-0.05, 0) is 70.9 Å². The Hall–Kier alpha value is -0.860. The average Bonchev–Trinajstić information content (AvgIpc) is 2.90. The van der Waals surface area contributed by atoms with Gasteiger partial charge in [0.15, 0.2) is 0 Å². The zero-order valence-corrected chi connectivity index (χ0v) is 13.8. The van der Waals surface area contributed by atoms with Crippen LogP contribution in [0.1, 0.15) is 42.4 Å². The largest absolute Gasteiger partial charge is 0.315 e. The Labute approximate surface area is 124 Å². The van der Waals surface area contributed by atoms with E-state index in [0.29, 0.717) is 11.6 Å². The Kier molecular flexibility index (Phi) is 4.87. The number of aryl methyl sites for hydroxylation is 2. The summed E-state index contributed by atoms with van der Waals surface area (Å²) in [4.78, 5) is 2.46. The van der Waals surface area contributed by atoms with Crippen LogP contribution in [0, 0.1) is 13.8 Å². The molecule has 0 radical (unpaired) electrons. The van der Waals surface area contributed by atoms with Crippen LogP contribution >= 0.6 is 0 Å². The molecule has 112 valence electrons. The number of benzene rings is 1. The summed E-state index contributed by atoms with van der Waals surface area (Å²) in [5, 5.41) is 3.61. The highest BCUT2D eigenvalue weighted by atomic mass is 15.2. The van der Waals surface area contributed by atoms with Crippen LogP contribution in [-0.4, -0.2) is 37.6 Å². The van der Waals surface area contributed by atoms with Gasteiger partial charge in [0.2, 0.25) is 0 Å². The Bertz CT molecular complexity index is 445. The van der Waals surface area contributed by atoms with E-state index in [-0.39, 0.29) is 0 Å². The summed E-state index contributed by atoms with van der Waals surface area (Å²) in [5.41, 5.74) is 4.58. The monoisotopic (exact) mass is 274 g/mol. The summed E-state index contributed by atoms with van der Waals surface area (Å²) in [6, 6.07) is 7.44. The topological polar surface area (TPSA) is 15.3 Å². The van der Waals surface area contributed by atoms with Gasteiger partial charge in [0.1, 0.15) is 0 Å². The molecule has 2 rings (SSSR count). The maximum Gasteiger partial charge on any atom is 0.0359 e. The number of nitrogens with one attached hydrogen (secondary N) is 1. The van der Waals surface area contributed by atoms with Crippen molar-refractivity contribution in [1.29, 1.82) is 0 Å². The molecule has 0 saturated heterocycles. The molecule has 1 N–H and O–H groups in total. The van der Waals surface area contributed by atoms with Crippen LogP contribution in [0.15, 0.2) is 18.2 Å². The minimum atomic E-state index is 0.327. The Morgan fingerprint density at radius 1 is 1.15 bits per heavy atom. The summed E-state index contributed by atoms with van der Waals surface area (Å²) in [6.45, 7) is 4.40. The zero-order valence-electron chi connectivity index (χ0n) is 13.8. The third-order valence-electron chi connectivity index (χ3n) is 5.37. The second-order valence-corrected chi connectivity index (χ2v) is 6.67. The van der Waals surface area contributed by atoms with Gasteiger partial charge < -0.3 is 10.2 Å². The molecule has 0 heterocycles. The molecule has 0 amide bonds. The summed E-state index contributed by atoms with van der Waals surface area (Å²) < 4.78 is 0. The second kappa shape index (κ2) is 6.28. The first-order chi connectivity index (χ1) is 9.49. The smallest absolute Gasteiger partial charge is 0.0359 e. The fourth-order valence-electron chi connectivity index (χ4n) is 3.82. The first kappa shape index (κ1) is 15.5. The summed E-state index contributed by atoms with van der Waals surface area (Å²) in [7, 11) is 6.61. The minimum absolute atomic E-state index is 0.327. The van der Waals surface area contributed by atoms with Crippen molar-refractivity contribution in [3.8, 4) is 0 Å². The lowest BCUT2D eigenvalue weighted by atomic mass is 9.83. The van der Waals surface area contributed by atoms with E-state index < -0.39 is 0 Å². The predicted molar refractivity (Wildman–Crippen MR) is 87.4 cm³/mol. The molecule has 1 saturated carbocycles. The fraction of sp³-hybridized carbons (Fsp3) is 0.667. The molecule has 1 fully saturated rings. The lowest BCUT2D eigenvalue weighted by Gasteiger charge is -2.43. The van der Waals surface area contributed by atoms with Crippen molar-refractivity contribution in [3.05, 3.63) is 34.9 Å². The highest BCUT2D eigenvalue weighted by Gasteiger charge is 2.42. The number of hydrogen-bond acceptors (Lipinski definition) is 2. The highest BCUT2D eigenvalue weighted by Crippen LogP contribution is 2.37. The van der Waals surface area contributed by atoms with Gasteiger partial charge in [-0.25, -0.2) is 0 Å². The van der Waals surface area contributed by atoms with Crippen LogP contribution in [0.25, 0.3) is 0 Å². The molecule has 1 unspecified atom stereocenters. The van der Waals surface area contributed by atoms with E-state index in [4.69, 9.17) is 0 Å². The summed E-state index contributed by atoms with van der Waals surface area (Å²) in [6.07, 6.45) is 6.48. The van der Waals surface area contributed by atoms with Crippen molar-refractivity contribution >= 4 is 0 Å². The normalized spacial score (nSPS) is 19.5. The van der Waals surface area contributed by atoms with E-state index in [9.17, 15) is 0 Å². The van der Waals surface area contributed by atoms with Gasteiger partial charge >= 0.3 is 0 Å². The van der Waals surface area contributed by atoms with Gasteiger partial charge in [0.25, 0.3) is 0 Å². The van der Waals surface area contributed by atoms with Gasteiger partial charge in [0, 0.05) is 11.6 Å². The van der Waals surface area contributed by atoms with Gasteiger partial charge in [0.05, 0.1) is 0 Å². The van der Waals surface area contributed by atoms with Crippen LogP contribution in [0.5, 0.6) is 0 Å². The maximum absolute atomic E-state index is 3.61. The van der Waals surface area contributed by atoms with Gasteiger partial charge in [-0.2, -0.15) is 0 Å². The molecule has 0 aliphatic heterocycles. The van der Waals surface area contributed by atoms with E-state index >= 15 is 0 Å². The van der Waals surface area contributed by atoms with E-state index in [1.54, 1.807) is 0 Å². The number of rotatable bonds is 5. The molecule has 1 aliphatic rings. The molecule has 1 aromatic rings. The highest BCUT2D eigenvalue weighted by molar-refractivity contribution is 5.31. The summed E-state index contributed by atoms with van der Waals surface area (Å²) in [5.74, 6) is 0. The van der Waals surface area contributed by atoms with Crippen molar-refractivity contribution in [2.24, 2.45) is 0 Å². The van der Waals surface area contributed by atoms with Gasteiger partial charge in [-0.15, -0.1) is 0 Å². The van der Waals surface area contributed by atoms with Crippen LogP contribution in [0.2, 0.25) is 0 Å². The molecule has 0 aromatic heterocycles. The molecule has 1 aliphatic carbocycles. The lowest BCUT2D eigenvalue weighted by molar-refractivity contribution is 0.108. The Balaban J connectivity index is 2.21. The van der Waals surface area contributed by atoms with Crippen molar-refractivity contribution < 1.29 is 0 Å². The number of likely N-dealkylation sites (N-methyl/N-ethyl adjacent to an activating group) is 2. The lowest BCUT2D eigenvalue weighted by Crippen LogP contribution is -2.57. The molecule has 2 heteroatoms. The third kappa shape index (κ3) is 2.91. The maximum atomic E-state index is 3.61. The number of hydrogen-bond donors (Lipinski definition) is 1. The molecule has 1 atom stereocenters. The van der Waals surface area contributed by atoms with Crippen LogP contribution in [-0.2, 0) is 6.42 Å². The molecular weight excluding hydrogens is 244 g/mol.